The fourth-order valence-corrected chi connectivity index (χ4v) is 1.73. The Balaban J connectivity index is 2.26. The first-order chi connectivity index (χ1) is 5.27. The Morgan fingerprint density at radius 3 is 2.91 bits per heavy atom. The van der Waals surface area contributed by atoms with Crippen LogP contribution < -0.4 is 0 Å². The van der Waals surface area contributed by atoms with E-state index in [-0.39, 0.29) is 5.97 Å². The Labute approximate surface area is 63.2 Å². The first-order valence-corrected chi connectivity index (χ1v) is 3.53. The van der Waals surface area contributed by atoms with E-state index < -0.39 is 5.54 Å². The summed E-state index contributed by atoms with van der Waals surface area (Å²) in [6, 6.07) is 0. The van der Waals surface area contributed by atoms with Crippen LogP contribution in [0.25, 0.3) is 0 Å². The molecule has 4 nitrogen and oxygen atoms in total. The van der Waals surface area contributed by atoms with Crippen LogP contribution in [-0.2, 0) is 14.3 Å². The Morgan fingerprint density at radius 2 is 2.36 bits per heavy atom. The van der Waals surface area contributed by atoms with Gasteiger partial charge < -0.3 is 4.74 Å². The standard InChI is InChI=1S/C7H7NO3/c9-4-8-7-1-5(2-7)3-11-6(7)10/h5H,1-3H2. The molecule has 4 heteroatoms. The monoisotopic (exact) mass is 153 g/mol. The van der Waals surface area contributed by atoms with Gasteiger partial charge in [0.25, 0.3) is 0 Å². The number of carbonyl (C=O) groups excluding carboxylic acids is 2. The molecule has 58 valence electrons. The van der Waals surface area contributed by atoms with Crippen LogP contribution in [0.1, 0.15) is 12.8 Å². The maximum Gasteiger partial charge on any atom is 0.335 e. The number of fused-ring (bicyclic) bond motifs is 2. The molecule has 3 aliphatic rings. The van der Waals surface area contributed by atoms with E-state index >= 15 is 0 Å². The molecule has 0 aromatic carbocycles. The topological polar surface area (TPSA) is 55.7 Å². The number of hydrogen-bond acceptors (Lipinski definition) is 4. The van der Waals surface area contributed by atoms with Gasteiger partial charge in [-0.3, -0.25) is 0 Å². The zero-order chi connectivity index (χ0) is 7.90. The molecule has 1 saturated carbocycles. The van der Waals surface area contributed by atoms with E-state index in [9.17, 15) is 9.59 Å². The van der Waals surface area contributed by atoms with Crippen molar-refractivity contribution in [2.75, 3.05) is 6.61 Å². The first-order valence-electron chi connectivity index (χ1n) is 3.53. The Kier molecular flexibility index (Phi) is 1.14. The summed E-state index contributed by atoms with van der Waals surface area (Å²) in [6.07, 6.45) is 2.76. The number of nitrogens with zero attached hydrogens (tertiary/aromatic N) is 1. The third-order valence-corrected chi connectivity index (χ3v) is 2.34. The fourth-order valence-electron chi connectivity index (χ4n) is 1.73. The van der Waals surface area contributed by atoms with Crippen molar-refractivity contribution in [1.82, 2.24) is 0 Å². The molecule has 0 radical (unpaired) electrons. The van der Waals surface area contributed by atoms with Gasteiger partial charge in [0.15, 0.2) is 5.54 Å². The lowest BCUT2D eigenvalue weighted by molar-refractivity contribution is -0.171. The van der Waals surface area contributed by atoms with Crippen molar-refractivity contribution in [2.24, 2.45) is 10.9 Å². The highest BCUT2D eigenvalue weighted by molar-refractivity contribution is 5.84. The maximum absolute atomic E-state index is 11.0. The summed E-state index contributed by atoms with van der Waals surface area (Å²) in [6.45, 7) is 0.495. The molecule has 2 saturated heterocycles. The molecule has 0 aromatic rings. The smallest absolute Gasteiger partial charge is 0.335 e. The van der Waals surface area contributed by atoms with Crippen molar-refractivity contribution in [3.8, 4) is 0 Å². The second kappa shape index (κ2) is 1.92. The average Bonchev–Trinajstić information content (AvgIpc) is 1.91. The van der Waals surface area contributed by atoms with Crippen LogP contribution in [-0.4, -0.2) is 24.2 Å². The molecule has 3 fully saturated rings. The lowest BCUT2D eigenvalue weighted by Gasteiger charge is -2.45. The van der Waals surface area contributed by atoms with Gasteiger partial charge in [-0.15, -0.1) is 0 Å². The summed E-state index contributed by atoms with van der Waals surface area (Å²) < 4.78 is 4.78. The second-order valence-corrected chi connectivity index (χ2v) is 3.11. The van der Waals surface area contributed by atoms with Crippen LogP contribution >= 0.6 is 0 Å². The minimum atomic E-state index is -0.829. The van der Waals surface area contributed by atoms with Crippen LogP contribution in [0.5, 0.6) is 0 Å². The summed E-state index contributed by atoms with van der Waals surface area (Å²) >= 11 is 0. The molecule has 2 aliphatic heterocycles. The second-order valence-electron chi connectivity index (χ2n) is 3.11. The molecule has 2 bridgehead atoms. The van der Waals surface area contributed by atoms with Gasteiger partial charge in [-0.2, -0.15) is 4.99 Å². The number of isocyanates is 1. The molecular weight excluding hydrogens is 146 g/mol. The molecular formula is C7H7NO3. The number of ether oxygens (including phenoxy) is 1. The Morgan fingerprint density at radius 1 is 1.64 bits per heavy atom. The molecule has 0 unspecified atom stereocenters. The van der Waals surface area contributed by atoms with E-state index in [0.29, 0.717) is 25.4 Å². The van der Waals surface area contributed by atoms with Crippen LogP contribution in [0.15, 0.2) is 4.99 Å². The molecule has 11 heavy (non-hydrogen) atoms. The molecule has 2 heterocycles. The number of carbonyl (C=O) groups is 1. The Hall–Kier alpha value is -1.15. The van der Waals surface area contributed by atoms with Crippen LogP contribution in [0.2, 0.25) is 0 Å². The number of hydrogen-bond donors (Lipinski definition) is 0. The van der Waals surface area contributed by atoms with Gasteiger partial charge in [-0.05, 0) is 18.8 Å². The number of esters is 1. The van der Waals surface area contributed by atoms with Gasteiger partial charge in [0.05, 0.1) is 6.61 Å². The lowest BCUT2D eigenvalue weighted by Crippen LogP contribution is -2.56. The first kappa shape index (κ1) is 6.55. The SMILES string of the molecule is O=C=NC12CC(COC1=O)C2. The van der Waals surface area contributed by atoms with Gasteiger partial charge in [0.1, 0.15) is 0 Å². The number of rotatable bonds is 1. The van der Waals surface area contributed by atoms with E-state index in [0.717, 1.165) is 0 Å². The van der Waals surface area contributed by atoms with Crippen molar-refractivity contribution in [2.45, 2.75) is 18.4 Å². The zero-order valence-electron chi connectivity index (χ0n) is 5.87. The number of aliphatic imine (C=N–C) groups is 1. The van der Waals surface area contributed by atoms with Crippen LogP contribution in [0.4, 0.5) is 0 Å². The van der Waals surface area contributed by atoms with Gasteiger partial charge in [0, 0.05) is 0 Å². The quantitative estimate of drug-likeness (QED) is 0.303. The minimum absolute atomic E-state index is 0.358. The zero-order valence-corrected chi connectivity index (χ0v) is 5.87. The highest BCUT2D eigenvalue weighted by atomic mass is 16.5. The third-order valence-electron chi connectivity index (χ3n) is 2.34. The maximum atomic E-state index is 11.0. The van der Waals surface area contributed by atoms with Gasteiger partial charge in [-0.25, -0.2) is 9.59 Å². The molecule has 1 aliphatic carbocycles. The Bertz CT molecular complexity index is 248. The highest BCUT2D eigenvalue weighted by Crippen LogP contribution is 2.45. The molecule has 0 aromatic heterocycles. The largest absolute Gasteiger partial charge is 0.464 e. The van der Waals surface area contributed by atoms with Gasteiger partial charge in [0.2, 0.25) is 6.08 Å². The molecule has 0 atom stereocenters. The van der Waals surface area contributed by atoms with Gasteiger partial charge in [-0.1, -0.05) is 0 Å². The highest BCUT2D eigenvalue weighted by Gasteiger charge is 2.56. The fraction of sp³-hybridized carbons (Fsp3) is 0.714. The predicted octanol–water partition coefficient (Wildman–Crippen LogP) is 0.0278. The molecule has 0 amide bonds. The van der Waals surface area contributed by atoms with Crippen molar-refractivity contribution in [3.05, 3.63) is 0 Å². The van der Waals surface area contributed by atoms with Crippen molar-refractivity contribution in [3.63, 3.8) is 0 Å². The van der Waals surface area contributed by atoms with Gasteiger partial charge >= 0.3 is 5.97 Å². The summed E-state index contributed by atoms with van der Waals surface area (Å²) in [4.78, 5) is 24.5. The molecule has 0 N–H and O–H groups in total. The normalized spacial score (nSPS) is 40.0. The summed E-state index contributed by atoms with van der Waals surface area (Å²) in [5, 5.41) is 0. The minimum Gasteiger partial charge on any atom is -0.464 e. The van der Waals surface area contributed by atoms with E-state index in [1.165, 1.54) is 6.08 Å². The van der Waals surface area contributed by atoms with E-state index in [1.807, 2.05) is 0 Å². The van der Waals surface area contributed by atoms with E-state index in [1.54, 1.807) is 0 Å². The molecule has 0 spiro atoms. The van der Waals surface area contributed by atoms with E-state index in [4.69, 9.17) is 4.74 Å². The van der Waals surface area contributed by atoms with E-state index in [2.05, 4.69) is 4.99 Å². The van der Waals surface area contributed by atoms with Crippen LogP contribution in [0.3, 0.4) is 0 Å². The molecule has 3 rings (SSSR count). The lowest BCUT2D eigenvalue weighted by atomic mass is 9.67. The summed E-state index contributed by atoms with van der Waals surface area (Å²) in [5.74, 6) is 0.0631. The van der Waals surface area contributed by atoms with Crippen molar-refractivity contribution < 1.29 is 14.3 Å². The van der Waals surface area contributed by atoms with Crippen molar-refractivity contribution in [1.29, 1.82) is 0 Å². The summed E-state index contributed by atoms with van der Waals surface area (Å²) in [5.41, 5.74) is -0.829. The van der Waals surface area contributed by atoms with Crippen molar-refractivity contribution >= 4 is 12.0 Å². The summed E-state index contributed by atoms with van der Waals surface area (Å²) in [7, 11) is 0. The third kappa shape index (κ3) is 0.730. The van der Waals surface area contributed by atoms with Crippen LogP contribution in [0, 0.1) is 5.92 Å². The predicted molar refractivity (Wildman–Crippen MR) is 34.5 cm³/mol. The average molecular weight is 153 g/mol.